The predicted octanol–water partition coefficient (Wildman–Crippen LogP) is 4.42. The maximum absolute atomic E-state index is 13.9. The van der Waals surface area contributed by atoms with Crippen LogP contribution >= 0.6 is 11.6 Å². The van der Waals surface area contributed by atoms with Crippen molar-refractivity contribution in [1.29, 1.82) is 0 Å². The van der Waals surface area contributed by atoms with Crippen LogP contribution in [0.1, 0.15) is 28.2 Å². The average molecular weight is 462 g/mol. The second kappa shape index (κ2) is 7.51. The van der Waals surface area contributed by atoms with Crippen LogP contribution in [0.15, 0.2) is 42.6 Å². The number of benzene rings is 1. The van der Waals surface area contributed by atoms with E-state index in [1.54, 1.807) is 29.2 Å². The zero-order chi connectivity index (χ0) is 22.6. The van der Waals surface area contributed by atoms with Crippen molar-refractivity contribution in [2.75, 3.05) is 19.6 Å². The first-order valence-electron chi connectivity index (χ1n) is 10.2. The van der Waals surface area contributed by atoms with E-state index in [0.29, 0.717) is 29.7 Å². The van der Waals surface area contributed by atoms with Crippen LogP contribution in [0, 0.1) is 6.92 Å². The Morgan fingerprint density at radius 3 is 2.66 bits per heavy atom. The van der Waals surface area contributed by atoms with Gasteiger partial charge in [0.25, 0.3) is 5.91 Å². The van der Waals surface area contributed by atoms with E-state index in [1.807, 2.05) is 19.2 Å². The van der Waals surface area contributed by atoms with Crippen LogP contribution in [0.4, 0.5) is 13.2 Å². The number of nitrogens with zero attached hydrogens (tertiary/aromatic N) is 5. The quantitative estimate of drug-likeness (QED) is 0.567. The normalized spacial score (nSPS) is 18.5. The predicted molar refractivity (Wildman–Crippen MR) is 113 cm³/mol. The number of halogens is 4. The summed E-state index contributed by atoms with van der Waals surface area (Å²) < 4.78 is 42.3. The fourth-order valence-corrected chi connectivity index (χ4v) is 4.41. The fourth-order valence-electron chi connectivity index (χ4n) is 4.17. The highest BCUT2D eigenvalue weighted by atomic mass is 35.5. The van der Waals surface area contributed by atoms with Gasteiger partial charge in [-0.25, -0.2) is 9.50 Å². The van der Waals surface area contributed by atoms with Crippen LogP contribution in [-0.4, -0.2) is 56.0 Å². The summed E-state index contributed by atoms with van der Waals surface area (Å²) in [6.45, 7) is 3.44. The van der Waals surface area contributed by atoms with E-state index in [1.165, 1.54) is 0 Å². The molecule has 1 amide bonds. The molecule has 166 valence electrons. The Kier molecular flexibility index (Phi) is 4.88. The van der Waals surface area contributed by atoms with Gasteiger partial charge in [0.05, 0.1) is 5.69 Å². The van der Waals surface area contributed by atoms with Crippen molar-refractivity contribution in [2.45, 2.75) is 25.6 Å². The molecular weight excluding hydrogens is 443 g/mol. The van der Waals surface area contributed by atoms with Crippen molar-refractivity contribution in [3.8, 4) is 11.3 Å². The van der Waals surface area contributed by atoms with Gasteiger partial charge in [-0.15, -0.1) is 0 Å². The SMILES string of the molecule is Cc1ccc(-c2cc(C(F)(F)F)n3nc(C(=O)N4CCN5C=CCC5C4)c(Cl)c3n2)cc1. The summed E-state index contributed by atoms with van der Waals surface area (Å²) in [5.41, 5.74) is 0.143. The highest BCUT2D eigenvalue weighted by Gasteiger charge is 2.38. The van der Waals surface area contributed by atoms with Crippen molar-refractivity contribution in [3.05, 3.63) is 64.6 Å². The van der Waals surface area contributed by atoms with Gasteiger partial charge in [-0.3, -0.25) is 4.79 Å². The van der Waals surface area contributed by atoms with E-state index in [-0.39, 0.29) is 28.1 Å². The topological polar surface area (TPSA) is 53.7 Å². The molecule has 0 N–H and O–H groups in total. The van der Waals surface area contributed by atoms with E-state index in [9.17, 15) is 18.0 Å². The highest BCUT2D eigenvalue weighted by molar-refractivity contribution is 6.36. The average Bonchev–Trinajstić information content (AvgIpc) is 3.36. The van der Waals surface area contributed by atoms with Crippen molar-refractivity contribution in [3.63, 3.8) is 0 Å². The van der Waals surface area contributed by atoms with Gasteiger partial charge in [-0.05, 0) is 25.6 Å². The summed E-state index contributed by atoms with van der Waals surface area (Å²) in [5, 5.41) is 3.79. The van der Waals surface area contributed by atoms with Crippen LogP contribution < -0.4 is 0 Å². The van der Waals surface area contributed by atoms with Crippen LogP contribution in [0.25, 0.3) is 16.9 Å². The number of rotatable bonds is 2. The van der Waals surface area contributed by atoms with Gasteiger partial charge in [-0.2, -0.15) is 18.3 Å². The number of piperazine rings is 1. The Labute approximate surface area is 186 Å². The molecular formula is C22H19ClF3N5O. The molecule has 0 saturated carbocycles. The van der Waals surface area contributed by atoms with Crippen molar-refractivity contribution >= 4 is 23.2 Å². The second-order valence-corrected chi connectivity index (χ2v) is 8.43. The molecule has 2 aliphatic rings. The molecule has 32 heavy (non-hydrogen) atoms. The molecule has 1 aromatic carbocycles. The zero-order valence-electron chi connectivity index (χ0n) is 17.1. The maximum atomic E-state index is 13.9. The molecule has 1 unspecified atom stereocenters. The third-order valence-corrected chi connectivity index (χ3v) is 6.24. The lowest BCUT2D eigenvalue weighted by Gasteiger charge is -2.37. The summed E-state index contributed by atoms with van der Waals surface area (Å²) in [7, 11) is 0. The largest absolute Gasteiger partial charge is 0.433 e. The Balaban J connectivity index is 1.58. The lowest BCUT2D eigenvalue weighted by atomic mass is 10.1. The van der Waals surface area contributed by atoms with Crippen LogP contribution in [0.2, 0.25) is 5.02 Å². The van der Waals surface area contributed by atoms with Gasteiger partial charge in [0, 0.05) is 31.2 Å². The first-order chi connectivity index (χ1) is 15.2. The molecule has 5 rings (SSSR count). The van der Waals surface area contributed by atoms with E-state index < -0.39 is 17.8 Å². The fraction of sp³-hybridized carbons (Fsp3) is 0.318. The van der Waals surface area contributed by atoms with E-state index in [4.69, 9.17) is 11.6 Å². The third kappa shape index (κ3) is 3.50. The van der Waals surface area contributed by atoms with Gasteiger partial charge in [0.1, 0.15) is 5.02 Å². The first kappa shape index (κ1) is 20.8. The molecule has 10 heteroatoms. The maximum Gasteiger partial charge on any atom is 0.433 e. The number of aromatic nitrogens is 3. The number of aryl methyl sites for hydroxylation is 1. The number of carbonyl (C=O) groups is 1. The van der Waals surface area contributed by atoms with Gasteiger partial charge in [0.2, 0.25) is 0 Å². The molecule has 6 nitrogen and oxygen atoms in total. The molecule has 0 spiro atoms. The lowest BCUT2D eigenvalue weighted by Crippen LogP contribution is -2.51. The van der Waals surface area contributed by atoms with E-state index >= 15 is 0 Å². The van der Waals surface area contributed by atoms with Crippen LogP contribution in [-0.2, 0) is 6.18 Å². The minimum absolute atomic E-state index is 0.108. The van der Waals surface area contributed by atoms with Crippen LogP contribution in [0.5, 0.6) is 0 Å². The Morgan fingerprint density at radius 2 is 1.94 bits per heavy atom. The molecule has 2 aliphatic heterocycles. The molecule has 3 aromatic rings. The summed E-state index contributed by atoms with van der Waals surface area (Å²) >= 11 is 6.41. The molecule has 1 fully saturated rings. The monoisotopic (exact) mass is 461 g/mol. The molecule has 1 saturated heterocycles. The molecule has 4 heterocycles. The minimum atomic E-state index is -4.71. The molecule has 0 bridgehead atoms. The van der Waals surface area contributed by atoms with E-state index in [0.717, 1.165) is 18.1 Å². The summed E-state index contributed by atoms with van der Waals surface area (Å²) in [6.07, 6.45) is 0.166. The van der Waals surface area contributed by atoms with Crippen molar-refractivity contribution < 1.29 is 18.0 Å². The Bertz CT molecular complexity index is 1240. The third-order valence-electron chi connectivity index (χ3n) is 5.89. The second-order valence-electron chi connectivity index (χ2n) is 8.05. The summed E-state index contributed by atoms with van der Waals surface area (Å²) in [4.78, 5) is 21.2. The molecule has 1 atom stereocenters. The number of carbonyl (C=O) groups excluding carboxylic acids is 1. The number of amides is 1. The van der Waals surface area contributed by atoms with E-state index in [2.05, 4.69) is 15.0 Å². The highest BCUT2D eigenvalue weighted by Crippen LogP contribution is 2.35. The van der Waals surface area contributed by atoms with Gasteiger partial charge in [0.15, 0.2) is 17.0 Å². The van der Waals surface area contributed by atoms with Gasteiger partial charge in [-0.1, -0.05) is 47.5 Å². The zero-order valence-corrected chi connectivity index (χ0v) is 17.9. The molecule has 0 aliphatic carbocycles. The summed E-state index contributed by atoms with van der Waals surface area (Å²) in [6, 6.07) is 8.07. The number of alkyl halides is 3. The van der Waals surface area contributed by atoms with Crippen LogP contribution in [0.3, 0.4) is 0 Å². The molecule has 2 aromatic heterocycles. The lowest BCUT2D eigenvalue weighted by molar-refractivity contribution is -0.142. The number of fused-ring (bicyclic) bond motifs is 2. The van der Waals surface area contributed by atoms with Gasteiger partial charge >= 0.3 is 6.18 Å². The standard InChI is InChI=1S/C22H19ClF3N5O/c1-13-4-6-14(7-5-13)16-11-17(22(24,25)26)31-20(27-16)18(23)19(28-31)21(32)30-10-9-29-8-2-3-15(29)12-30/h2,4-8,11,15H,3,9-10,12H2,1H3. The molecule has 0 radical (unpaired) electrons. The summed E-state index contributed by atoms with van der Waals surface area (Å²) in [5.74, 6) is -0.489. The number of hydrogen-bond donors (Lipinski definition) is 0. The first-order valence-corrected chi connectivity index (χ1v) is 10.6. The van der Waals surface area contributed by atoms with Gasteiger partial charge < -0.3 is 9.80 Å². The number of hydrogen-bond acceptors (Lipinski definition) is 4. The minimum Gasteiger partial charge on any atom is -0.371 e. The van der Waals surface area contributed by atoms with Crippen molar-refractivity contribution in [1.82, 2.24) is 24.4 Å². The van der Waals surface area contributed by atoms with Crippen molar-refractivity contribution in [2.24, 2.45) is 0 Å². The Hall–Kier alpha value is -3.07. The Morgan fingerprint density at radius 1 is 1.19 bits per heavy atom. The smallest absolute Gasteiger partial charge is 0.371 e.